The first-order chi connectivity index (χ1) is 13.0. The third-order valence-electron chi connectivity index (χ3n) is 3.78. The summed E-state index contributed by atoms with van der Waals surface area (Å²) >= 11 is 0. The lowest BCUT2D eigenvalue weighted by Crippen LogP contribution is -2.29. The maximum atomic E-state index is 11.9. The Labute approximate surface area is 157 Å². The minimum Gasteiger partial charge on any atom is -0.493 e. The second-order valence-corrected chi connectivity index (χ2v) is 5.71. The summed E-state index contributed by atoms with van der Waals surface area (Å²) in [6, 6.07) is 14.0. The molecule has 0 aromatic heterocycles. The lowest BCUT2D eigenvalue weighted by Gasteiger charge is -2.10. The van der Waals surface area contributed by atoms with Crippen molar-refractivity contribution in [2.24, 2.45) is 0 Å². The number of nitriles is 1. The highest BCUT2D eigenvalue weighted by Gasteiger charge is 2.10. The van der Waals surface area contributed by atoms with Crippen LogP contribution in [-0.2, 0) is 16.0 Å². The van der Waals surface area contributed by atoms with Gasteiger partial charge in [0.05, 0.1) is 25.9 Å². The molecule has 0 aliphatic carbocycles. The fourth-order valence-electron chi connectivity index (χ4n) is 2.46. The van der Waals surface area contributed by atoms with Crippen molar-refractivity contribution in [3.63, 3.8) is 0 Å². The standard InChI is InChI=1S/C20H21N3O4/c1-26-17-7-6-14(11-18(17)27-2)8-9-22-19(24)12-20(25)23-16-5-3-4-15(10-16)13-21/h3-7,10-11H,8-9,12H2,1-2H3,(H,22,24)(H,23,25). The van der Waals surface area contributed by atoms with Crippen LogP contribution in [0, 0.1) is 11.3 Å². The predicted molar refractivity (Wildman–Crippen MR) is 101 cm³/mol. The highest BCUT2D eigenvalue weighted by atomic mass is 16.5. The molecular weight excluding hydrogens is 346 g/mol. The molecule has 2 rings (SSSR count). The van der Waals surface area contributed by atoms with E-state index in [1.807, 2.05) is 18.2 Å². The van der Waals surface area contributed by atoms with E-state index in [0.717, 1.165) is 5.56 Å². The van der Waals surface area contributed by atoms with Gasteiger partial charge in [-0.3, -0.25) is 9.59 Å². The lowest BCUT2D eigenvalue weighted by molar-refractivity contribution is -0.126. The van der Waals surface area contributed by atoms with Crippen LogP contribution >= 0.6 is 0 Å². The number of hydrogen-bond donors (Lipinski definition) is 2. The quantitative estimate of drug-likeness (QED) is 0.697. The molecule has 7 nitrogen and oxygen atoms in total. The van der Waals surface area contributed by atoms with E-state index < -0.39 is 5.91 Å². The summed E-state index contributed by atoms with van der Waals surface area (Å²) in [5, 5.41) is 14.2. The average Bonchev–Trinajstić information content (AvgIpc) is 2.67. The first-order valence-electron chi connectivity index (χ1n) is 8.33. The number of carbonyl (C=O) groups is 2. The molecular formula is C20H21N3O4. The zero-order valence-corrected chi connectivity index (χ0v) is 15.2. The molecule has 0 saturated carbocycles. The van der Waals surface area contributed by atoms with E-state index in [-0.39, 0.29) is 12.3 Å². The van der Waals surface area contributed by atoms with E-state index in [9.17, 15) is 9.59 Å². The van der Waals surface area contributed by atoms with Gasteiger partial charge in [-0.25, -0.2) is 0 Å². The summed E-state index contributed by atoms with van der Waals surface area (Å²) in [6.07, 6.45) is 0.306. The number of ether oxygens (including phenoxy) is 2. The normalized spacial score (nSPS) is 9.81. The van der Waals surface area contributed by atoms with Gasteiger partial charge in [-0.2, -0.15) is 5.26 Å². The second kappa shape index (κ2) is 9.82. The summed E-state index contributed by atoms with van der Waals surface area (Å²) in [5.41, 5.74) is 1.90. The Morgan fingerprint density at radius 3 is 2.52 bits per heavy atom. The smallest absolute Gasteiger partial charge is 0.233 e. The van der Waals surface area contributed by atoms with Gasteiger partial charge in [-0.15, -0.1) is 0 Å². The van der Waals surface area contributed by atoms with E-state index in [4.69, 9.17) is 14.7 Å². The molecule has 0 saturated heterocycles. The van der Waals surface area contributed by atoms with Crippen molar-refractivity contribution in [3.8, 4) is 17.6 Å². The zero-order valence-electron chi connectivity index (χ0n) is 15.2. The van der Waals surface area contributed by atoms with Gasteiger partial charge in [0, 0.05) is 12.2 Å². The van der Waals surface area contributed by atoms with Crippen molar-refractivity contribution in [2.45, 2.75) is 12.8 Å². The third-order valence-corrected chi connectivity index (χ3v) is 3.78. The highest BCUT2D eigenvalue weighted by molar-refractivity contribution is 6.03. The fraction of sp³-hybridized carbons (Fsp3) is 0.250. The van der Waals surface area contributed by atoms with Crippen LogP contribution in [0.3, 0.4) is 0 Å². The Hall–Kier alpha value is -3.53. The van der Waals surface area contributed by atoms with Crippen LogP contribution in [0.4, 0.5) is 5.69 Å². The number of methoxy groups -OCH3 is 2. The lowest BCUT2D eigenvalue weighted by atomic mass is 10.1. The van der Waals surface area contributed by atoms with Gasteiger partial charge in [-0.05, 0) is 42.3 Å². The SMILES string of the molecule is COc1ccc(CCNC(=O)CC(=O)Nc2cccc(C#N)c2)cc1OC. The Morgan fingerprint density at radius 1 is 1.04 bits per heavy atom. The minimum atomic E-state index is -0.436. The maximum Gasteiger partial charge on any atom is 0.233 e. The van der Waals surface area contributed by atoms with Crippen LogP contribution in [0.25, 0.3) is 0 Å². The van der Waals surface area contributed by atoms with Crippen LogP contribution in [0.15, 0.2) is 42.5 Å². The summed E-state index contributed by atoms with van der Waals surface area (Å²) in [6.45, 7) is 0.394. The summed E-state index contributed by atoms with van der Waals surface area (Å²) in [4.78, 5) is 23.8. The molecule has 2 aromatic carbocycles. The van der Waals surface area contributed by atoms with Crippen LogP contribution in [0.5, 0.6) is 11.5 Å². The van der Waals surface area contributed by atoms with E-state index in [0.29, 0.717) is 35.7 Å². The molecule has 0 atom stereocenters. The summed E-state index contributed by atoms with van der Waals surface area (Å²) in [5.74, 6) is 0.459. The number of carbonyl (C=O) groups excluding carboxylic acids is 2. The van der Waals surface area contributed by atoms with Gasteiger partial charge in [0.25, 0.3) is 0 Å². The monoisotopic (exact) mass is 367 g/mol. The van der Waals surface area contributed by atoms with Crippen molar-refractivity contribution < 1.29 is 19.1 Å². The topological polar surface area (TPSA) is 100 Å². The molecule has 0 aliphatic heterocycles. The maximum absolute atomic E-state index is 11.9. The fourth-order valence-corrected chi connectivity index (χ4v) is 2.46. The molecule has 7 heteroatoms. The van der Waals surface area contributed by atoms with Gasteiger partial charge < -0.3 is 20.1 Å². The molecule has 27 heavy (non-hydrogen) atoms. The number of benzene rings is 2. The van der Waals surface area contributed by atoms with E-state index in [2.05, 4.69) is 10.6 Å². The van der Waals surface area contributed by atoms with E-state index in [1.165, 1.54) is 0 Å². The van der Waals surface area contributed by atoms with Crippen molar-refractivity contribution in [1.82, 2.24) is 5.32 Å². The predicted octanol–water partition coefficient (Wildman–Crippen LogP) is 2.26. The Morgan fingerprint density at radius 2 is 1.81 bits per heavy atom. The molecule has 0 spiro atoms. The van der Waals surface area contributed by atoms with Crippen LogP contribution in [-0.4, -0.2) is 32.6 Å². The minimum absolute atomic E-state index is 0.289. The van der Waals surface area contributed by atoms with Gasteiger partial charge in [-0.1, -0.05) is 12.1 Å². The Balaban J connectivity index is 1.79. The molecule has 0 radical (unpaired) electrons. The van der Waals surface area contributed by atoms with E-state index in [1.54, 1.807) is 44.6 Å². The molecule has 0 unspecified atom stereocenters. The van der Waals surface area contributed by atoms with Gasteiger partial charge in [0.1, 0.15) is 6.42 Å². The van der Waals surface area contributed by atoms with Crippen molar-refractivity contribution in [3.05, 3.63) is 53.6 Å². The van der Waals surface area contributed by atoms with Crippen molar-refractivity contribution in [2.75, 3.05) is 26.1 Å². The molecule has 140 valence electrons. The van der Waals surface area contributed by atoms with Crippen LogP contribution in [0.2, 0.25) is 0 Å². The number of nitrogens with one attached hydrogen (secondary N) is 2. The highest BCUT2D eigenvalue weighted by Crippen LogP contribution is 2.27. The number of rotatable bonds is 8. The van der Waals surface area contributed by atoms with E-state index >= 15 is 0 Å². The Bertz CT molecular complexity index is 859. The summed E-state index contributed by atoms with van der Waals surface area (Å²) < 4.78 is 10.4. The van der Waals surface area contributed by atoms with Gasteiger partial charge in [0.2, 0.25) is 11.8 Å². The Kier molecular flexibility index (Phi) is 7.20. The molecule has 2 aromatic rings. The average molecular weight is 367 g/mol. The number of hydrogen-bond acceptors (Lipinski definition) is 5. The molecule has 0 heterocycles. The zero-order chi connectivity index (χ0) is 19.6. The number of amides is 2. The summed E-state index contributed by atoms with van der Waals surface area (Å²) in [7, 11) is 3.13. The van der Waals surface area contributed by atoms with Crippen molar-refractivity contribution in [1.29, 1.82) is 5.26 Å². The van der Waals surface area contributed by atoms with Crippen molar-refractivity contribution >= 4 is 17.5 Å². The van der Waals surface area contributed by atoms with Crippen LogP contribution in [0.1, 0.15) is 17.5 Å². The number of nitrogens with zero attached hydrogens (tertiary/aromatic N) is 1. The molecule has 0 fully saturated rings. The number of anilines is 1. The van der Waals surface area contributed by atoms with Gasteiger partial charge in [0.15, 0.2) is 11.5 Å². The molecule has 2 N–H and O–H groups in total. The van der Waals surface area contributed by atoms with Gasteiger partial charge >= 0.3 is 0 Å². The first kappa shape index (κ1) is 19.8. The third kappa shape index (κ3) is 6.04. The molecule has 2 amide bonds. The largest absolute Gasteiger partial charge is 0.493 e. The molecule has 0 aliphatic rings. The second-order valence-electron chi connectivity index (χ2n) is 5.71. The molecule has 0 bridgehead atoms. The van der Waals surface area contributed by atoms with Crippen LogP contribution < -0.4 is 20.1 Å². The first-order valence-corrected chi connectivity index (χ1v) is 8.33.